The van der Waals surface area contributed by atoms with Crippen LogP contribution >= 0.6 is 0 Å². The molecule has 0 aliphatic carbocycles. The molecule has 0 bridgehead atoms. The third-order valence-corrected chi connectivity index (χ3v) is 4.77. The van der Waals surface area contributed by atoms with Crippen LogP contribution in [0.15, 0.2) is 36.4 Å². The molecule has 1 aliphatic rings. The van der Waals surface area contributed by atoms with Crippen LogP contribution in [0.2, 0.25) is 0 Å². The number of amides is 1. The zero-order valence-electron chi connectivity index (χ0n) is 15.9. The van der Waals surface area contributed by atoms with Gasteiger partial charge in [-0.05, 0) is 67.6 Å². The Labute approximate surface area is 155 Å². The van der Waals surface area contributed by atoms with Crippen LogP contribution < -0.4 is 9.47 Å². The fraction of sp³-hybridized carbons (Fsp3) is 0.409. The monoisotopic (exact) mass is 353 g/mol. The van der Waals surface area contributed by atoms with Crippen LogP contribution in [0.5, 0.6) is 11.5 Å². The molecule has 2 aromatic carbocycles. The molecule has 0 saturated carbocycles. The van der Waals surface area contributed by atoms with Crippen LogP contribution in [0.25, 0.3) is 0 Å². The van der Waals surface area contributed by atoms with Crippen LogP contribution in [-0.2, 0) is 19.4 Å². The maximum absolute atomic E-state index is 12.9. The normalized spacial score (nSPS) is 13.3. The molecular weight excluding hydrogens is 326 g/mol. The molecule has 0 atom stereocenters. The average molecular weight is 353 g/mol. The lowest BCUT2D eigenvalue weighted by atomic mass is 9.98. The first-order valence-corrected chi connectivity index (χ1v) is 9.45. The molecule has 4 nitrogen and oxygen atoms in total. The molecule has 1 amide bonds. The van der Waals surface area contributed by atoms with E-state index in [1.807, 2.05) is 49.1 Å². The topological polar surface area (TPSA) is 38.8 Å². The Morgan fingerprint density at radius 1 is 0.962 bits per heavy atom. The maximum atomic E-state index is 12.9. The van der Waals surface area contributed by atoms with Gasteiger partial charge in [0.05, 0.1) is 13.2 Å². The second-order valence-corrected chi connectivity index (χ2v) is 6.46. The van der Waals surface area contributed by atoms with Crippen molar-refractivity contribution < 1.29 is 14.3 Å². The van der Waals surface area contributed by atoms with E-state index in [0.29, 0.717) is 19.8 Å². The van der Waals surface area contributed by atoms with Gasteiger partial charge in [-0.1, -0.05) is 19.1 Å². The van der Waals surface area contributed by atoms with Crippen molar-refractivity contribution in [3.05, 3.63) is 58.7 Å². The summed E-state index contributed by atoms with van der Waals surface area (Å²) in [6.45, 7) is 8.58. The molecular formula is C22H27NO3. The Hall–Kier alpha value is -2.49. The third kappa shape index (κ3) is 3.85. The number of aryl methyl sites for hydroxylation is 1. The van der Waals surface area contributed by atoms with Gasteiger partial charge in [0.1, 0.15) is 0 Å². The first-order chi connectivity index (χ1) is 12.7. The molecule has 4 heteroatoms. The Morgan fingerprint density at radius 3 is 2.15 bits per heavy atom. The average Bonchev–Trinajstić information content (AvgIpc) is 2.68. The molecule has 0 unspecified atom stereocenters. The van der Waals surface area contributed by atoms with Gasteiger partial charge in [0.15, 0.2) is 11.5 Å². The van der Waals surface area contributed by atoms with Crippen molar-refractivity contribution in [2.45, 2.75) is 40.2 Å². The summed E-state index contributed by atoms with van der Waals surface area (Å²) in [5.74, 6) is 1.64. The second-order valence-electron chi connectivity index (χ2n) is 6.46. The fourth-order valence-corrected chi connectivity index (χ4v) is 3.34. The number of ether oxygens (including phenoxy) is 2. The molecule has 0 aromatic heterocycles. The van der Waals surface area contributed by atoms with E-state index in [1.165, 1.54) is 11.1 Å². The molecule has 1 aliphatic heterocycles. The molecule has 26 heavy (non-hydrogen) atoms. The maximum Gasteiger partial charge on any atom is 0.254 e. The van der Waals surface area contributed by atoms with Gasteiger partial charge in [-0.15, -0.1) is 0 Å². The van der Waals surface area contributed by atoms with Crippen molar-refractivity contribution in [3.8, 4) is 11.5 Å². The molecule has 0 spiro atoms. The number of rotatable bonds is 6. The molecule has 0 fully saturated rings. The van der Waals surface area contributed by atoms with Gasteiger partial charge < -0.3 is 14.4 Å². The van der Waals surface area contributed by atoms with Crippen molar-refractivity contribution in [1.29, 1.82) is 0 Å². The number of benzene rings is 2. The number of carbonyl (C=O) groups is 1. The largest absolute Gasteiger partial charge is 0.490 e. The van der Waals surface area contributed by atoms with Crippen LogP contribution in [0, 0.1) is 0 Å². The lowest BCUT2D eigenvalue weighted by Gasteiger charge is -2.30. The quantitative estimate of drug-likeness (QED) is 0.779. The molecule has 0 radical (unpaired) electrons. The van der Waals surface area contributed by atoms with Gasteiger partial charge >= 0.3 is 0 Å². The van der Waals surface area contributed by atoms with E-state index in [0.717, 1.165) is 42.0 Å². The molecule has 0 saturated heterocycles. The minimum absolute atomic E-state index is 0.0881. The highest BCUT2D eigenvalue weighted by atomic mass is 16.5. The van der Waals surface area contributed by atoms with Gasteiger partial charge in [-0.3, -0.25) is 4.79 Å². The van der Waals surface area contributed by atoms with Crippen molar-refractivity contribution in [2.24, 2.45) is 0 Å². The van der Waals surface area contributed by atoms with Crippen molar-refractivity contribution in [1.82, 2.24) is 4.90 Å². The minimum atomic E-state index is 0.0881. The molecule has 1 heterocycles. The number of hydrogen-bond acceptors (Lipinski definition) is 3. The van der Waals surface area contributed by atoms with E-state index in [4.69, 9.17) is 9.47 Å². The summed E-state index contributed by atoms with van der Waals surface area (Å²) in [4.78, 5) is 14.8. The van der Waals surface area contributed by atoms with E-state index in [9.17, 15) is 4.79 Å². The summed E-state index contributed by atoms with van der Waals surface area (Å²) in [5, 5.41) is 0. The summed E-state index contributed by atoms with van der Waals surface area (Å²) in [7, 11) is 0. The van der Waals surface area contributed by atoms with E-state index < -0.39 is 0 Å². The summed E-state index contributed by atoms with van der Waals surface area (Å²) in [6.07, 6.45) is 1.81. The first kappa shape index (κ1) is 18.3. The zero-order valence-corrected chi connectivity index (χ0v) is 15.9. The van der Waals surface area contributed by atoms with Crippen LogP contribution in [0.3, 0.4) is 0 Å². The van der Waals surface area contributed by atoms with Gasteiger partial charge in [0, 0.05) is 18.7 Å². The van der Waals surface area contributed by atoms with Gasteiger partial charge in [-0.25, -0.2) is 0 Å². The predicted octanol–water partition coefficient (Wildman–Crippen LogP) is 4.24. The van der Waals surface area contributed by atoms with Crippen molar-refractivity contribution in [2.75, 3.05) is 19.8 Å². The highest BCUT2D eigenvalue weighted by Crippen LogP contribution is 2.34. The van der Waals surface area contributed by atoms with E-state index in [-0.39, 0.29) is 5.91 Å². The number of hydrogen-bond donors (Lipinski definition) is 0. The third-order valence-electron chi connectivity index (χ3n) is 4.77. The Bertz CT molecular complexity index is 768. The lowest BCUT2D eigenvalue weighted by Crippen LogP contribution is -2.36. The fourth-order valence-electron chi connectivity index (χ4n) is 3.34. The summed E-state index contributed by atoms with van der Waals surface area (Å²) in [5.41, 5.74) is 4.38. The molecule has 0 N–H and O–H groups in total. The summed E-state index contributed by atoms with van der Waals surface area (Å²) < 4.78 is 11.4. The van der Waals surface area contributed by atoms with E-state index >= 15 is 0 Å². The number of carbonyl (C=O) groups excluding carboxylic acids is 1. The van der Waals surface area contributed by atoms with Gasteiger partial charge in [0.25, 0.3) is 5.91 Å². The van der Waals surface area contributed by atoms with Crippen LogP contribution in [0.1, 0.15) is 47.8 Å². The molecule has 2 aromatic rings. The predicted molar refractivity (Wildman–Crippen MR) is 103 cm³/mol. The number of fused-ring (bicyclic) bond motifs is 1. The Kier molecular flexibility index (Phi) is 5.82. The zero-order chi connectivity index (χ0) is 18.5. The van der Waals surface area contributed by atoms with E-state index in [2.05, 4.69) is 13.0 Å². The smallest absolute Gasteiger partial charge is 0.254 e. The van der Waals surface area contributed by atoms with Crippen molar-refractivity contribution in [3.63, 3.8) is 0 Å². The van der Waals surface area contributed by atoms with Crippen molar-refractivity contribution >= 4 is 5.91 Å². The highest BCUT2D eigenvalue weighted by molar-refractivity contribution is 5.94. The second kappa shape index (κ2) is 8.26. The lowest BCUT2D eigenvalue weighted by molar-refractivity contribution is 0.0734. The van der Waals surface area contributed by atoms with Crippen LogP contribution in [-0.4, -0.2) is 30.6 Å². The highest BCUT2D eigenvalue weighted by Gasteiger charge is 2.23. The van der Waals surface area contributed by atoms with Gasteiger partial charge in [-0.2, -0.15) is 0 Å². The van der Waals surface area contributed by atoms with E-state index in [1.54, 1.807) is 0 Å². The molecule has 138 valence electrons. The SMILES string of the molecule is CCOc1cc2c(cc1OCC)CN(C(=O)c1ccc(CC)cc1)CC2. The summed E-state index contributed by atoms with van der Waals surface area (Å²) >= 11 is 0. The Morgan fingerprint density at radius 2 is 1.58 bits per heavy atom. The first-order valence-electron chi connectivity index (χ1n) is 9.45. The standard InChI is InChI=1S/C22H27NO3/c1-4-16-7-9-17(10-8-16)22(24)23-12-11-18-13-20(25-5-2)21(26-6-3)14-19(18)15-23/h7-10,13-14H,4-6,11-12,15H2,1-3H3. The number of nitrogens with zero attached hydrogens (tertiary/aromatic N) is 1. The van der Waals surface area contributed by atoms with Gasteiger partial charge in [0.2, 0.25) is 0 Å². The Balaban J connectivity index is 1.81. The van der Waals surface area contributed by atoms with Crippen LogP contribution in [0.4, 0.5) is 0 Å². The molecule has 3 rings (SSSR count). The minimum Gasteiger partial charge on any atom is -0.490 e. The summed E-state index contributed by atoms with van der Waals surface area (Å²) in [6, 6.07) is 12.0.